The van der Waals surface area contributed by atoms with Crippen molar-refractivity contribution in [3.8, 4) is 11.5 Å². The molecule has 0 aromatic heterocycles. The van der Waals surface area contributed by atoms with Crippen LogP contribution in [0.5, 0.6) is 11.5 Å². The van der Waals surface area contributed by atoms with Crippen molar-refractivity contribution in [3.63, 3.8) is 0 Å². The van der Waals surface area contributed by atoms with E-state index in [0.717, 1.165) is 12.8 Å². The molecule has 0 atom stereocenters. The fourth-order valence-corrected chi connectivity index (χ4v) is 3.67. The first-order valence-electron chi connectivity index (χ1n) is 10.5. The summed E-state index contributed by atoms with van der Waals surface area (Å²) in [5.41, 5.74) is 0.171. The van der Waals surface area contributed by atoms with Crippen molar-refractivity contribution in [1.82, 2.24) is 10.2 Å². The molecule has 2 rings (SSSR count). The minimum Gasteiger partial charge on any atom is -0.479 e. The number of benzene rings is 1. The summed E-state index contributed by atoms with van der Waals surface area (Å²) in [5.74, 6) is -2.71. The molecule has 33 heavy (non-hydrogen) atoms. The lowest BCUT2D eigenvalue weighted by Gasteiger charge is -2.34. The van der Waals surface area contributed by atoms with E-state index >= 15 is 0 Å². The van der Waals surface area contributed by atoms with E-state index in [4.69, 9.17) is 19.7 Å². The van der Waals surface area contributed by atoms with Gasteiger partial charge in [-0.3, -0.25) is 14.4 Å². The summed E-state index contributed by atoms with van der Waals surface area (Å²) in [6.45, 7) is 0.521. The Morgan fingerprint density at radius 1 is 1.03 bits per heavy atom. The molecule has 0 bridgehead atoms. The Morgan fingerprint density at radius 3 is 2.18 bits per heavy atom. The highest BCUT2D eigenvalue weighted by Gasteiger charge is 2.27. The van der Waals surface area contributed by atoms with Crippen molar-refractivity contribution in [2.24, 2.45) is 5.92 Å². The molecule has 1 saturated carbocycles. The summed E-state index contributed by atoms with van der Waals surface area (Å²) in [6, 6.07) is 3.91. The number of rotatable bonds is 13. The van der Waals surface area contributed by atoms with Crippen LogP contribution in [0, 0.1) is 5.92 Å². The minimum atomic E-state index is -1.25. The SMILES string of the molecule is CC(=O)NCC1CCC(N(C=O)CC(=O)c2ccc(OCC(=O)O)c(OCC(=O)O)c2)CC1. The molecule has 11 nitrogen and oxygen atoms in total. The quantitative estimate of drug-likeness (QED) is 0.285. The second kappa shape index (κ2) is 12.4. The van der Waals surface area contributed by atoms with Crippen molar-refractivity contribution in [2.75, 3.05) is 26.3 Å². The van der Waals surface area contributed by atoms with Gasteiger partial charge in [0, 0.05) is 25.1 Å². The second-order valence-corrected chi connectivity index (χ2v) is 7.84. The zero-order valence-corrected chi connectivity index (χ0v) is 18.3. The lowest BCUT2D eigenvalue weighted by molar-refractivity contribution is -0.140. The maximum Gasteiger partial charge on any atom is 0.341 e. The number of carbonyl (C=O) groups excluding carboxylic acids is 3. The summed E-state index contributed by atoms with van der Waals surface area (Å²) < 4.78 is 10.2. The van der Waals surface area contributed by atoms with Crippen LogP contribution in [0.2, 0.25) is 0 Å². The maximum absolute atomic E-state index is 12.8. The molecule has 1 aliphatic carbocycles. The molecule has 1 fully saturated rings. The Labute approximate surface area is 190 Å². The van der Waals surface area contributed by atoms with E-state index in [0.29, 0.717) is 31.7 Å². The van der Waals surface area contributed by atoms with Crippen LogP contribution in [0.25, 0.3) is 0 Å². The molecule has 2 amide bonds. The number of hydrogen-bond acceptors (Lipinski definition) is 7. The van der Waals surface area contributed by atoms with Gasteiger partial charge >= 0.3 is 11.9 Å². The zero-order chi connectivity index (χ0) is 24.4. The Balaban J connectivity index is 2.03. The third kappa shape index (κ3) is 8.43. The van der Waals surface area contributed by atoms with Gasteiger partial charge in [0.05, 0.1) is 6.54 Å². The summed E-state index contributed by atoms with van der Waals surface area (Å²) >= 11 is 0. The number of carbonyl (C=O) groups is 5. The first kappa shape index (κ1) is 25.6. The number of nitrogens with one attached hydrogen (secondary N) is 1. The minimum absolute atomic E-state index is 0.0139. The molecule has 3 N–H and O–H groups in total. The first-order valence-corrected chi connectivity index (χ1v) is 10.5. The fourth-order valence-electron chi connectivity index (χ4n) is 3.67. The summed E-state index contributed by atoms with van der Waals surface area (Å²) in [4.78, 5) is 58.6. The maximum atomic E-state index is 12.8. The van der Waals surface area contributed by atoms with E-state index in [1.807, 2.05) is 0 Å². The topological polar surface area (TPSA) is 160 Å². The fraction of sp³-hybridized carbons (Fsp3) is 0.500. The molecule has 1 aromatic carbocycles. The van der Waals surface area contributed by atoms with Crippen LogP contribution in [0.15, 0.2) is 18.2 Å². The number of nitrogens with zero attached hydrogens (tertiary/aromatic N) is 1. The van der Waals surface area contributed by atoms with E-state index in [2.05, 4.69) is 5.32 Å². The highest BCUT2D eigenvalue weighted by molar-refractivity contribution is 5.99. The van der Waals surface area contributed by atoms with Gasteiger partial charge in [-0.15, -0.1) is 0 Å². The molecule has 11 heteroatoms. The zero-order valence-electron chi connectivity index (χ0n) is 18.3. The molecule has 0 heterocycles. The van der Waals surface area contributed by atoms with Gasteiger partial charge in [0.25, 0.3) is 0 Å². The number of carboxylic acids is 2. The molecular formula is C22H28N2O9. The van der Waals surface area contributed by atoms with E-state index in [9.17, 15) is 24.0 Å². The number of carboxylic acid groups (broad SMARTS) is 2. The summed E-state index contributed by atoms with van der Waals surface area (Å²) in [7, 11) is 0. The number of hydrogen-bond donors (Lipinski definition) is 3. The Kier molecular flexibility index (Phi) is 9.64. The van der Waals surface area contributed by atoms with E-state index in [-0.39, 0.29) is 41.3 Å². The predicted octanol–water partition coefficient (Wildman–Crippen LogP) is 0.949. The van der Waals surface area contributed by atoms with E-state index in [1.54, 1.807) is 0 Å². The largest absolute Gasteiger partial charge is 0.479 e. The number of amides is 2. The van der Waals surface area contributed by atoms with Crippen LogP contribution in [0.4, 0.5) is 0 Å². The van der Waals surface area contributed by atoms with Gasteiger partial charge in [-0.25, -0.2) is 9.59 Å². The van der Waals surface area contributed by atoms with Crippen molar-refractivity contribution in [3.05, 3.63) is 23.8 Å². The van der Waals surface area contributed by atoms with Crippen molar-refractivity contribution in [2.45, 2.75) is 38.6 Å². The third-order valence-electron chi connectivity index (χ3n) is 5.35. The lowest BCUT2D eigenvalue weighted by Crippen LogP contribution is -2.41. The van der Waals surface area contributed by atoms with Gasteiger partial charge in [-0.05, 0) is 49.8 Å². The Hall–Kier alpha value is -3.63. The highest BCUT2D eigenvalue weighted by atomic mass is 16.5. The van der Waals surface area contributed by atoms with Crippen molar-refractivity contribution in [1.29, 1.82) is 0 Å². The average Bonchev–Trinajstić information content (AvgIpc) is 2.78. The Bertz CT molecular complexity index is 879. The number of ketones is 1. The molecule has 0 aliphatic heterocycles. The van der Waals surface area contributed by atoms with Crippen molar-refractivity contribution < 1.29 is 43.7 Å². The highest BCUT2D eigenvalue weighted by Crippen LogP contribution is 2.30. The summed E-state index contributed by atoms with van der Waals surface area (Å²) in [6.07, 6.45) is 3.72. The lowest BCUT2D eigenvalue weighted by atomic mass is 9.85. The van der Waals surface area contributed by atoms with Crippen LogP contribution >= 0.6 is 0 Å². The van der Waals surface area contributed by atoms with Gasteiger partial charge in [-0.1, -0.05) is 0 Å². The molecule has 0 radical (unpaired) electrons. The molecule has 0 spiro atoms. The molecule has 0 saturated heterocycles. The summed E-state index contributed by atoms with van der Waals surface area (Å²) in [5, 5.41) is 20.4. The van der Waals surface area contributed by atoms with Gasteiger partial charge in [-0.2, -0.15) is 0 Å². The molecule has 0 unspecified atom stereocenters. The molecule has 1 aliphatic rings. The van der Waals surface area contributed by atoms with Gasteiger partial charge in [0.2, 0.25) is 12.3 Å². The van der Waals surface area contributed by atoms with Crippen LogP contribution in [0.3, 0.4) is 0 Å². The smallest absolute Gasteiger partial charge is 0.341 e. The third-order valence-corrected chi connectivity index (χ3v) is 5.35. The van der Waals surface area contributed by atoms with E-state index < -0.39 is 25.2 Å². The van der Waals surface area contributed by atoms with Crippen LogP contribution < -0.4 is 14.8 Å². The van der Waals surface area contributed by atoms with Gasteiger partial charge in [0.15, 0.2) is 30.5 Å². The van der Waals surface area contributed by atoms with Gasteiger partial charge in [0.1, 0.15) is 0 Å². The normalized spacial score (nSPS) is 17.5. The average molecular weight is 464 g/mol. The predicted molar refractivity (Wildman–Crippen MR) is 114 cm³/mol. The Morgan fingerprint density at radius 2 is 1.64 bits per heavy atom. The first-order chi connectivity index (χ1) is 15.7. The van der Waals surface area contributed by atoms with Crippen LogP contribution in [-0.2, 0) is 19.2 Å². The van der Waals surface area contributed by atoms with Gasteiger partial charge < -0.3 is 29.9 Å². The number of aliphatic carboxylic acids is 2. The monoisotopic (exact) mass is 464 g/mol. The number of ether oxygens (including phenoxy) is 2. The number of Topliss-reactive ketones (excluding diaryl/α,β-unsaturated/α-hetero) is 1. The van der Waals surface area contributed by atoms with E-state index in [1.165, 1.54) is 30.0 Å². The standard InChI is InChI=1S/C22H28N2O9/c1-14(26)23-9-15-2-5-17(6-3-15)24(13-25)10-18(27)16-4-7-19(32-11-21(28)29)20(8-16)33-12-22(30)31/h4,7-8,13,15,17H,2-3,5-6,9-12H2,1H3,(H,23,26)(H,28,29)(H,30,31). The van der Waals surface area contributed by atoms with Crippen LogP contribution in [-0.4, -0.2) is 77.5 Å². The van der Waals surface area contributed by atoms with Crippen LogP contribution in [0.1, 0.15) is 43.0 Å². The molecule has 1 aromatic rings. The molecule has 180 valence electrons. The second-order valence-electron chi connectivity index (χ2n) is 7.84. The molecular weight excluding hydrogens is 436 g/mol. The van der Waals surface area contributed by atoms with Crippen molar-refractivity contribution >= 4 is 30.0 Å².